The first kappa shape index (κ1) is 27.7. The van der Waals surface area contributed by atoms with Gasteiger partial charge in [-0.25, -0.2) is 4.39 Å². The monoisotopic (exact) mass is 543 g/mol. The molecule has 0 fully saturated rings. The molecular formula is C26H23Cl2F4NO3. The van der Waals surface area contributed by atoms with E-state index in [2.05, 4.69) is 0 Å². The number of alkyl halides is 3. The zero-order valence-corrected chi connectivity index (χ0v) is 21.1. The number of benzene rings is 2. The summed E-state index contributed by atoms with van der Waals surface area (Å²) in [6.07, 6.45) is -1.05. The van der Waals surface area contributed by atoms with E-state index in [0.717, 1.165) is 18.2 Å². The minimum absolute atomic E-state index is 0.0591. The first-order valence-electron chi connectivity index (χ1n) is 10.9. The molecule has 0 saturated heterocycles. The average Bonchev–Trinajstić information content (AvgIpc) is 3.17. The largest absolute Gasteiger partial charge is 0.460 e. The molecule has 192 valence electrons. The van der Waals surface area contributed by atoms with Crippen LogP contribution in [0.3, 0.4) is 0 Å². The second kappa shape index (κ2) is 10.6. The molecule has 0 aliphatic rings. The minimum atomic E-state index is -4.67. The third-order valence-electron chi connectivity index (χ3n) is 5.15. The van der Waals surface area contributed by atoms with Crippen LogP contribution in [-0.2, 0) is 9.53 Å². The molecule has 0 aliphatic carbocycles. The van der Waals surface area contributed by atoms with Crippen molar-refractivity contribution in [3.05, 3.63) is 75.7 Å². The standard InChI is InChI=1S/C26H23Cl2F4NO3/c1-25(2,3)36-23(35)9-8-22(34)33-11-10-16-12-15(5-7-21(16)33)4-6-18(26(30,31)32)17-13-19(27)24(29)20(28)14-17/h4-7,10-14,18H,8-9H2,1-3H3/b6-4+. The molecule has 0 N–H and O–H groups in total. The van der Waals surface area contributed by atoms with Crippen LogP contribution >= 0.6 is 23.2 Å². The zero-order valence-electron chi connectivity index (χ0n) is 19.6. The molecule has 3 aromatic rings. The predicted octanol–water partition coefficient (Wildman–Crippen LogP) is 8.21. The van der Waals surface area contributed by atoms with E-state index in [1.807, 2.05) is 0 Å². The molecule has 1 atom stereocenters. The molecule has 1 heterocycles. The highest BCUT2D eigenvalue weighted by molar-refractivity contribution is 6.35. The van der Waals surface area contributed by atoms with Crippen LogP contribution in [0.15, 0.2) is 48.7 Å². The van der Waals surface area contributed by atoms with Crippen molar-refractivity contribution in [1.29, 1.82) is 0 Å². The quantitative estimate of drug-likeness (QED) is 0.179. The van der Waals surface area contributed by atoms with Crippen molar-refractivity contribution in [2.75, 3.05) is 0 Å². The van der Waals surface area contributed by atoms with E-state index in [0.29, 0.717) is 16.5 Å². The maximum Gasteiger partial charge on any atom is 0.399 e. The summed E-state index contributed by atoms with van der Waals surface area (Å²) < 4.78 is 61.5. The molecule has 0 spiro atoms. The molecule has 3 rings (SSSR count). The van der Waals surface area contributed by atoms with E-state index in [4.69, 9.17) is 27.9 Å². The lowest BCUT2D eigenvalue weighted by Crippen LogP contribution is -2.24. The number of esters is 1. The number of hydrogen-bond acceptors (Lipinski definition) is 3. The topological polar surface area (TPSA) is 48.3 Å². The van der Waals surface area contributed by atoms with Crippen molar-refractivity contribution in [3.63, 3.8) is 0 Å². The second-order valence-corrected chi connectivity index (χ2v) is 9.98. The van der Waals surface area contributed by atoms with E-state index in [9.17, 15) is 27.2 Å². The number of allylic oxidation sites excluding steroid dienone is 1. The van der Waals surface area contributed by atoms with Crippen LogP contribution in [0, 0.1) is 5.82 Å². The van der Waals surface area contributed by atoms with Gasteiger partial charge in [0, 0.05) is 18.0 Å². The Morgan fingerprint density at radius 3 is 2.25 bits per heavy atom. The maximum absolute atomic E-state index is 13.7. The molecule has 1 unspecified atom stereocenters. The highest BCUT2D eigenvalue weighted by Crippen LogP contribution is 2.39. The Labute approximate surface area is 215 Å². The number of aromatic nitrogens is 1. The van der Waals surface area contributed by atoms with Gasteiger partial charge >= 0.3 is 12.1 Å². The Morgan fingerprint density at radius 2 is 1.67 bits per heavy atom. The molecule has 1 aromatic heterocycles. The number of halogens is 6. The molecule has 0 aliphatic heterocycles. The van der Waals surface area contributed by atoms with Crippen molar-refractivity contribution in [2.24, 2.45) is 0 Å². The number of carbonyl (C=O) groups excluding carboxylic acids is 2. The minimum Gasteiger partial charge on any atom is -0.460 e. The van der Waals surface area contributed by atoms with Gasteiger partial charge in [-0.05, 0) is 62.2 Å². The molecule has 0 saturated carbocycles. The van der Waals surface area contributed by atoms with Crippen LogP contribution in [0.4, 0.5) is 17.6 Å². The lowest BCUT2D eigenvalue weighted by molar-refractivity contribution is -0.154. The fourth-order valence-electron chi connectivity index (χ4n) is 3.58. The van der Waals surface area contributed by atoms with E-state index >= 15 is 0 Å². The summed E-state index contributed by atoms with van der Waals surface area (Å²) >= 11 is 11.4. The SMILES string of the molecule is CC(C)(C)OC(=O)CCC(=O)n1ccc2cc(/C=C/C(c3cc(Cl)c(F)c(Cl)c3)C(F)(F)F)ccc21. The van der Waals surface area contributed by atoms with Gasteiger partial charge in [-0.2, -0.15) is 13.2 Å². The number of fused-ring (bicyclic) bond motifs is 1. The average molecular weight is 544 g/mol. The van der Waals surface area contributed by atoms with Gasteiger partial charge in [0.05, 0.1) is 27.9 Å². The highest BCUT2D eigenvalue weighted by atomic mass is 35.5. The van der Waals surface area contributed by atoms with Gasteiger partial charge in [0.2, 0.25) is 5.91 Å². The molecule has 0 radical (unpaired) electrons. The van der Waals surface area contributed by atoms with Crippen molar-refractivity contribution >= 4 is 52.1 Å². The van der Waals surface area contributed by atoms with E-state index in [-0.39, 0.29) is 24.3 Å². The Kier molecular flexibility index (Phi) is 8.20. The number of hydrogen-bond donors (Lipinski definition) is 0. The van der Waals surface area contributed by atoms with Crippen LogP contribution in [0.2, 0.25) is 10.0 Å². The Hall–Kier alpha value is -2.84. The van der Waals surface area contributed by atoms with Crippen molar-refractivity contribution in [1.82, 2.24) is 4.57 Å². The van der Waals surface area contributed by atoms with Gasteiger partial charge in [-0.3, -0.25) is 14.2 Å². The molecular weight excluding hydrogens is 521 g/mol. The zero-order chi connectivity index (χ0) is 26.8. The first-order valence-corrected chi connectivity index (χ1v) is 11.7. The van der Waals surface area contributed by atoms with Crippen molar-refractivity contribution < 1.29 is 31.9 Å². The maximum atomic E-state index is 13.7. The molecule has 10 heteroatoms. The Bertz CT molecular complexity index is 1300. The summed E-state index contributed by atoms with van der Waals surface area (Å²) in [6.45, 7) is 5.21. The first-order chi connectivity index (χ1) is 16.7. The van der Waals surface area contributed by atoms with Gasteiger partial charge in [0.1, 0.15) is 5.60 Å². The van der Waals surface area contributed by atoms with Gasteiger partial charge in [0.25, 0.3) is 0 Å². The summed E-state index contributed by atoms with van der Waals surface area (Å²) in [4.78, 5) is 24.5. The lowest BCUT2D eigenvalue weighted by Gasteiger charge is -2.19. The van der Waals surface area contributed by atoms with E-state index < -0.39 is 39.5 Å². The van der Waals surface area contributed by atoms with E-state index in [1.54, 1.807) is 45.0 Å². The van der Waals surface area contributed by atoms with Crippen molar-refractivity contribution in [3.8, 4) is 0 Å². The highest BCUT2D eigenvalue weighted by Gasteiger charge is 2.39. The number of rotatable bonds is 6. The Balaban J connectivity index is 1.80. The Morgan fingerprint density at radius 1 is 1.03 bits per heavy atom. The summed E-state index contributed by atoms with van der Waals surface area (Å²) in [5, 5.41) is -0.377. The molecule has 4 nitrogen and oxygen atoms in total. The molecule has 0 amide bonds. The predicted molar refractivity (Wildman–Crippen MR) is 132 cm³/mol. The van der Waals surface area contributed by atoms with Crippen molar-refractivity contribution in [2.45, 2.75) is 51.3 Å². The number of nitrogens with zero attached hydrogens (tertiary/aromatic N) is 1. The van der Waals surface area contributed by atoms with Crippen LogP contribution in [0.1, 0.15) is 55.5 Å². The van der Waals surface area contributed by atoms with Crippen LogP contribution in [0.5, 0.6) is 0 Å². The normalized spacial score (nSPS) is 13.4. The van der Waals surface area contributed by atoms with E-state index in [1.165, 1.54) is 16.8 Å². The van der Waals surface area contributed by atoms with Crippen LogP contribution in [-0.4, -0.2) is 28.2 Å². The van der Waals surface area contributed by atoms with Crippen LogP contribution < -0.4 is 0 Å². The molecule has 36 heavy (non-hydrogen) atoms. The number of ether oxygens (including phenoxy) is 1. The third kappa shape index (κ3) is 6.89. The van der Waals surface area contributed by atoms with Gasteiger partial charge < -0.3 is 4.74 Å². The fourth-order valence-corrected chi connectivity index (χ4v) is 4.08. The fraction of sp³-hybridized carbons (Fsp3) is 0.308. The number of carbonyl (C=O) groups is 2. The van der Waals surface area contributed by atoms with Gasteiger partial charge in [-0.1, -0.05) is 41.4 Å². The second-order valence-electron chi connectivity index (χ2n) is 9.16. The summed E-state index contributed by atoms with van der Waals surface area (Å²) in [5.74, 6) is -3.85. The summed E-state index contributed by atoms with van der Waals surface area (Å²) in [7, 11) is 0. The third-order valence-corrected chi connectivity index (χ3v) is 5.70. The van der Waals surface area contributed by atoms with Crippen LogP contribution in [0.25, 0.3) is 17.0 Å². The lowest BCUT2D eigenvalue weighted by atomic mass is 9.97. The molecule has 0 bridgehead atoms. The summed E-state index contributed by atoms with van der Waals surface area (Å²) in [5.41, 5.74) is 0.0589. The summed E-state index contributed by atoms with van der Waals surface area (Å²) in [6, 6.07) is 8.25. The molecule has 2 aromatic carbocycles. The van der Waals surface area contributed by atoms with Gasteiger partial charge in [-0.15, -0.1) is 0 Å². The van der Waals surface area contributed by atoms with Gasteiger partial charge in [0.15, 0.2) is 5.82 Å². The smallest absolute Gasteiger partial charge is 0.399 e.